The topological polar surface area (TPSA) is 114 Å². The molecule has 1 saturated heterocycles. The zero-order valence-corrected chi connectivity index (χ0v) is 21.7. The van der Waals surface area contributed by atoms with Gasteiger partial charge in [0, 0.05) is 26.2 Å². The summed E-state index contributed by atoms with van der Waals surface area (Å²) >= 11 is 0. The zero-order chi connectivity index (χ0) is 24.7. The SMILES string of the molecule is CC(C)N(C(C)C)P(OCCC#N)OCC1CCC(n2cnc3c(N=CN(C)C)ncnc32)O1. The Labute approximate surface area is 202 Å². The molecule has 0 aliphatic carbocycles. The summed E-state index contributed by atoms with van der Waals surface area (Å²) in [4.78, 5) is 19.4. The van der Waals surface area contributed by atoms with Crippen molar-refractivity contribution in [1.82, 2.24) is 29.1 Å². The van der Waals surface area contributed by atoms with Gasteiger partial charge in [-0.1, -0.05) is 0 Å². The molecule has 1 aliphatic heterocycles. The molecule has 1 aliphatic rings. The molecule has 34 heavy (non-hydrogen) atoms. The monoisotopic (exact) mass is 490 g/mol. The Bertz CT molecular complexity index is 982. The van der Waals surface area contributed by atoms with Crippen molar-refractivity contribution in [1.29, 1.82) is 5.26 Å². The molecule has 0 radical (unpaired) electrons. The van der Waals surface area contributed by atoms with Gasteiger partial charge in [-0.15, -0.1) is 0 Å². The number of hydrogen-bond donors (Lipinski definition) is 0. The van der Waals surface area contributed by atoms with Crippen molar-refractivity contribution >= 4 is 31.8 Å². The van der Waals surface area contributed by atoms with E-state index in [0.29, 0.717) is 36.6 Å². The van der Waals surface area contributed by atoms with E-state index in [4.69, 9.17) is 19.0 Å². The largest absolute Gasteiger partial charge is 0.369 e. The van der Waals surface area contributed by atoms with Crippen LogP contribution in [0.5, 0.6) is 0 Å². The average molecular weight is 491 g/mol. The van der Waals surface area contributed by atoms with Crippen LogP contribution in [0, 0.1) is 11.3 Å². The molecule has 0 bridgehead atoms. The lowest BCUT2D eigenvalue weighted by Gasteiger charge is -2.36. The smallest absolute Gasteiger partial charge is 0.259 e. The molecular weight excluding hydrogens is 455 g/mol. The molecule has 0 aromatic carbocycles. The van der Waals surface area contributed by atoms with Crippen LogP contribution in [0.1, 0.15) is 53.2 Å². The number of nitrogens with zero attached hydrogens (tertiary/aromatic N) is 8. The van der Waals surface area contributed by atoms with Crippen LogP contribution in [0.15, 0.2) is 17.6 Å². The van der Waals surface area contributed by atoms with E-state index in [-0.39, 0.29) is 24.4 Å². The number of ether oxygens (including phenoxy) is 1. The summed E-state index contributed by atoms with van der Waals surface area (Å²) in [5, 5.41) is 8.88. The van der Waals surface area contributed by atoms with E-state index < -0.39 is 8.53 Å². The van der Waals surface area contributed by atoms with Crippen LogP contribution < -0.4 is 0 Å². The molecule has 3 unspecified atom stereocenters. The van der Waals surface area contributed by atoms with Crippen molar-refractivity contribution in [2.75, 3.05) is 27.3 Å². The summed E-state index contributed by atoms with van der Waals surface area (Å²) in [5.41, 5.74) is 1.34. The highest BCUT2D eigenvalue weighted by Gasteiger charge is 2.32. The van der Waals surface area contributed by atoms with Gasteiger partial charge in [0.2, 0.25) is 0 Å². The van der Waals surface area contributed by atoms with Gasteiger partial charge in [0.25, 0.3) is 8.53 Å². The average Bonchev–Trinajstić information content (AvgIpc) is 3.42. The Hall–Kier alpha value is -2.22. The quantitative estimate of drug-likeness (QED) is 0.188. The molecular formula is C22H35N8O3P. The van der Waals surface area contributed by atoms with Crippen molar-refractivity contribution in [2.24, 2.45) is 4.99 Å². The van der Waals surface area contributed by atoms with Gasteiger partial charge >= 0.3 is 0 Å². The zero-order valence-electron chi connectivity index (χ0n) is 20.8. The molecule has 2 aromatic heterocycles. The second-order valence-electron chi connectivity index (χ2n) is 8.86. The van der Waals surface area contributed by atoms with Crippen LogP contribution in [0.25, 0.3) is 11.2 Å². The molecule has 0 spiro atoms. The Kier molecular flexibility index (Phi) is 9.68. The van der Waals surface area contributed by atoms with Crippen molar-refractivity contribution in [3.8, 4) is 6.07 Å². The number of imidazole rings is 1. The third-order valence-electron chi connectivity index (χ3n) is 5.18. The van der Waals surface area contributed by atoms with Crippen LogP contribution in [0.2, 0.25) is 0 Å². The second-order valence-corrected chi connectivity index (χ2v) is 10.3. The molecule has 186 valence electrons. The fourth-order valence-corrected chi connectivity index (χ4v) is 5.43. The lowest BCUT2D eigenvalue weighted by Crippen LogP contribution is -2.34. The van der Waals surface area contributed by atoms with E-state index in [0.717, 1.165) is 12.8 Å². The van der Waals surface area contributed by atoms with Crippen LogP contribution in [0.3, 0.4) is 0 Å². The lowest BCUT2D eigenvalue weighted by molar-refractivity contribution is -0.0187. The van der Waals surface area contributed by atoms with E-state index in [9.17, 15) is 0 Å². The van der Waals surface area contributed by atoms with Crippen LogP contribution >= 0.6 is 8.53 Å². The first kappa shape index (κ1) is 26.4. The van der Waals surface area contributed by atoms with E-state index in [2.05, 4.69) is 58.4 Å². The summed E-state index contributed by atoms with van der Waals surface area (Å²) < 4.78 is 22.7. The summed E-state index contributed by atoms with van der Waals surface area (Å²) in [7, 11) is 2.51. The minimum Gasteiger partial charge on any atom is -0.369 e. The van der Waals surface area contributed by atoms with Crippen LogP contribution in [-0.2, 0) is 13.8 Å². The number of nitriles is 1. The highest BCUT2D eigenvalue weighted by atomic mass is 31.2. The lowest BCUT2D eigenvalue weighted by atomic mass is 10.2. The second kappa shape index (κ2) is 12.5. The minimum absolute atomic E-state index is 0.0683. The Morgan fingerprint density at radius 3 is 2.68 bits per heavy atom. The molecule has 1 fully saturated rings. The van der Waals surface area contributed by atoms with Gasteiger partial charge < -0.3 is 18.7 Å². The van der Waals surface area contributed by atoms with Crippen molar-refractivity contribution in [3.05, 3.63) is 12.7 Å². The molecule has 3 atom stereocenters. The number of aromatic nitrogens is 4. The maximum Gasteiger partial charge on any atom is 0.259 e. The van der Waals surface area contributed by atoms with Crippen molar-refractivity contribution in [2.45, 2.75) is 71.4 Å². The number of aliphatic imine (C=N–C) groups is 1. The molecule has 0 saturated carbocycles. The van der Waals surface area contributed by atoms with Gasteiger partial charge in [0.05, 0.1) is 44.5 Å². The van der Waals surface area contributed by atoms with E-state index >= 15 is 0 Å². The molecule has 3 heterocycles. The predicted octanol–water partition coefficient (Wildman–Crippen LogP) is 4.02. The van der Waals surface area contributed by atoms with E-state index in [1.54, 1.807) is 12.7 Å². The third-order valence-corrected chi connectivity index (χ3v) is 7.25. The van der Waals surface area contributed by atoms with Crippen LogP contribution in [0.4, 0.5) is 5.82 Å². The standard InChI is InChI=1S/C22H35N8O3P/c1-16(2)30(17(3)4)34(31-11-7-10-23)32-12-18-8-9-19(33-18)29-15-26-20-21(27-14-28(5)6)24-13-25-22(20)29/h13-19H,7-9,11-12H2,1-6H3. The van der Waals surface area contributed by atoms with E-state index in [1.165, 1.54) is 6.33 Å². The molecule has 11 nitrogen and oxygen atoms in total. The number of rotatable bonds is 12. The van der Waals surface area contributed by atoms with Gasteiger partial charge in [-0.25, -0.2) is 24.6 Å². The Balaban J connectivity index is 1.66. The maximum absolute atomic E-state index is 8.88. The fraction of sp³-hybridized carbons (Fsp3) is 0.682. The van der Waals surface area contributed by atoms with Gasteiger partial charge in [-0.05, 0) is 40.5 Å². The summed E-state index contributed by atoms with van der Waals surface area (Å²) in [6, 6.07) is 2.64. The molecule has 0 amide bonds. The van der Waals surface area contributed by atoms with E-state index in [1.807, 2.05) is 23.6 Å². The third kappa shape index (κ3) is 6.68. The number of fused-ring (bicyclic) bond motifs is 1. The minimum atomic E-state index is -1.29. The van der Waals surface area contributed by atoms with Crippen LogP contribution in [-0.4, -0.2) is 80.9 Å². The highest BCUT2D eigenvalue weighted by Crippen LogP contribution is 2.46. The highest BCUT2D eigenvalue weighted by molar-refractivity contribution is 7.44. The first-order valence-electron chi connectivity index (χ1n) is 11.6. The summed E-state index contributed by atoms with van der Waals surface area (Å²) in [5.74, 6) is 0.526. The van der Waals surface area contributed by atoms with Gasteiger partial charge in [-0.3, -0.25) is 4.57 Å². The molecule has 3 rings (SSSR count). The van der Waals surface area contributed by atoms with Gasteiger partial charge in [0.1, 0.15) is 12.6 Å². The van der Waals surface area contributed by atoms with Gasteiger partial charge in [-0.2, -0.15) is 5.26 Å². The summed E-state index contributed by atoms with van der Waals surface area (Å²) in [6.45, 7) is 9.26. The first-order valence-corrected chi connectivity index (χ1v) is 12.7. The van der Waals surface area contributed by atoms with Crippen molar-refractivity contribution < 1.29 is 13.8 Å². The Morgan fingerprint density at radius 2 is 2.00 bits per heavy atom. The fourth-order valence-electron chi connectivity index (χ4n) is 3.79. The normalized spacial score (nSPS) is 19.6. The maximum atomic E-state index is 8.88. The predicted molar refractivity (Wildman–Crippen MR) is 131 cm³/mol. The van der Waals surface area contributed by atoms with Gasteiger partial charge in [0.15, 0.2) is 17.0 Å². The molecule has 2 aromatic rings. The molecule has 0 N–H and O–H groups in total. The van der Waals surface area contributed by atoms with Crippen molar-refractivity contribution in [3.63, 3.8) is 0 Å². The molecule has 12 heteroatoms. The first-order chi connectivity index (χ1) is 16.3. The number of hydrogen-bond acceptors (Lipinski definition) is 9. The summed E-state index contributed by atoms with van der Waals surface area (Å²) in [6.07, 6.45) is 6.68. The Morgan fingerprint density at radius 1 is 1.24 bits per heavy atom.